The molecule has 1 saturated heterocycles. The Bertz CT molecular complexity index is 119. The second kappa shape index (κ2) is 6.80. The lowest BCUT2D eigenvalue weighted by atomic mass is 10.1. The molecule has 0 amide bonds. The van der Waals surface area contributed by atoms with Crippen LogP contribution in [0.3, 0.4) is 0 Å². The normalized spacial score (nSPS) is 29.1. The van der Waals surface area contributed by atoms with Crippen molar-refractivity contribution < 1.29 is 9.47 Å². The van der Waals surface area contributed by atoms with Crippen LogP contribution in [0.4, 0.5) is 0 Å². The Morgan fingerprint density at radius 2 is 1.85 bits per heavy atom. The molecule has 0 aromatic carbocycles. The number of hydrogen-bond acceptors (Lipinski definition) is 2. The van der Waals surface area contributed by atoms with Crippen LogP contribution < -0.4 is 0 Å². The fourth-order valence-electron chi connectivity index (χ4n) is 1.46. The van der Waals surface area contributed by atoms with Gasteiger partial charge in [0.2, 0.25) is 0 Å². The summed E-state index contributed by atoms with van der Waals surface area (Å²) in [5, 5.41) is 0.884. The summed E-state index contributed by atoms with van der Waals surface area (Å²) in [4.78, 5) is 0. The quantitative estimate of drug-likeness (QED) is 0.552. The third-order valence-corrected chi connectivity index (χ3v) is 3.06. The van der Waals surface area contributed by atoms with Crippen LogP contribution in [0.1, 0.15) is 32.6 Å². The first-order valence-corrected chi connectivity index (χ1v) is 6.28. The van der Waals surface area contributed by atoms with Crippen LogP contribution in [0.25, 0.3) is 0 Å². The largest absolute Gasteiger partial charge is 0.373 e. The van der Waals surface area contributed by atoms with Crippen LogP contribution in [0.2, 0.25) is 0 Å². The van der Waals surface area contributed by atoms with Gasteiger partial charge < -0.3 is 9.47 Å². The van der Waals surface area contributed by atoms with Crippen LogP contribution in [0, 0.1) is 0 Å². The number of rotatable bonds is 5. The van der Waals surface area contributed by atoms with Crippen molar-refractivity contribution in [2.24, 2.45) is 0 Å². The molecular formula is C10H19BrO2. The molecular weight excluding hydrogens is 232 g/mol. The van der Waals surface area contributed by atoms with Gasteiger partial charge in [-0.1, -0.05) is 42.1 Å². The van der Waals surface area contributed by atoms with Crippen LogP contribution in [-0.2, 0) is 9.47 Å². The minimum absolute atomic E-state index is 0.266. The second-order valence-electron chi connectivity index (χ2n) is 3.56. The predicted molar refractivity (Wildman–Crippen MR) is 57.4 cm³/mol. The molecule has 1 rings (SSSR count). The van der Waals surface area contributed by atoms with Gasteiger partial charge in [-0.15, -0.1) is 0 Å². The summed E-state index contributed by atoms with van der Waals surface area (Å²) >= 11 is 3.39. The van der Waals surface area contributed by atoms with E-state index in [0.29, 0.717) is 6.10 Å². The monoisotopic (exact) mass is 250 g/mol. The van der Waals surface area contributed by atoms with E-state index in [0.717, 1.165) is 25.0 Å². The molecule has 1 aliphatic rings. The van der Waals surface area contributed by atoms with Gasteiger partial charge in [0.25, 0.3) is 0 Å². The van der Waals surface area contributed by atoms with Gasteiger partial charge in [-0.05, 0) is 6.42 Å². The highest BCUT2D eigenvalue weighted by molar-refractivity contribution is 9.09. The SMILES string of the molecule is CCCCC[C@@H]1CO[C@@H](CBr)CO1. The highest BCUT2D eigenvalue weighted by Gasteiger charge is 2.20. The van der Waals surface area contributed by atoms with Gasteiger partial charge in [0.1, 0.15) is 0 Å². The summed E-state index contributed by atoms with van der Waals surface area (Å²) in [5.74, 6) is 0. The van der Waals surface area contributed by atoms with Crippen LogP contribution in [-0.4, -0.2) is 30.8 Å². The minimum Gasteiger partial charge on any atom is -0.373 e. The first kappa shape index (κ1) is 11.5. The summed E-state index contributed by atoms with van der Waals surface area (Å²) in [5.41, 5.74) is 0. The average Bonchev–Trinajstić information content (AvgIpc) is 2.19. The van der Waals surface area contributed by atoms with E-state index in [-0.39, 0.29) is 6.10 Å². The smallest absolute Gasteiger partial charge is 0.0906 e. The van der Waals surface area contributed by atoms with E-state index in [1.165, 1.54) is 19.3 Å². The molecule has 1 heterocycles. The molecule has 1 aliphatic heterocycles. The molecule has 0 N–H and O–H groups in total. The summed E-state index contributed by atoms with van der Waals surface area (Å²) < 4.78 is 11.3. The third-order valence-electron chi connectivity index (χ3n) is 2.34. The Balaban J connectivity index is 2.03. The number of alkyl halides is 1. The van der Waals surface area contributed by atoms with Crippen molar-refractivity contribution in [3.8, 4) is 0 Å². The Labute approximate surface area is 89.1 Å². The van der Waals surface area contributed by atoms with Gasteiger partial charge in [-0.2, -0.15) is 0 Å². The molecule has 0 aliphatic carbocycles. The molecule has 0 aromatic heterocycles. The third kappa shape index (κ3) is 4.43. The van der Waals surface area contributed by atoms with Gasteiger partial charge in [0.05, 0.1) is 25.4 Å². The number of unbranched alkanes of at least 4 members (excludes halogenated alkanes) is 2. The van der Waals surface area contributed by atoms with Crippen molar-refractivity contribution in [3.63, 3.8) is 0 Å². The molecule has 2 atom stereocenters. The molecule has 0 saturated carbocycles. The second-order valence-corrected chi connectivity index (χ2v) is 4.21. The molecule has 0 unspecified atom stereocenters. The predicted octanol–water partition coefficient (Wildman–Crippen LogP) is 2.75. The Morgan fingerprint density at radius 3 is 2.38 bits per heavy atom. The van der Waals surface area contributed by atoms with Gasteiger partial charge in [-0.25, -0.2) is 0 Å². The number of halogens is 1. The van der Waals surface area contributed by atoms with Gasteiger partial charge in [-0.3, -0.25) is 0 Å². The summed E-state index contributed by atoms with van der Waals surface area (Å²) in [6.07, 6.45) is 5.62. The van der Waals surface area contributed by atoms with Gasteiger partial charge in [0, 0.05) is 5.33 Å². The lowest BCUT2D eigenvalue weighted by Crippen LogP contribution is -2.36. The molecule has 0 radical (unpaired) electrons. The highest BCUT2D eigenvalue weighted by Crippen LogP contribution is 2.14. The van der Waals surface area contributed by atoms with E-state index in [9.17, 15) is 0 Å². The maximum absolute atomic E-state index is 5.67. The molecule has 2 nitrogen and oxygen atoms in total. The first-order valence-electron chi connectivity index (χ1n) is 5.16. The highest BCUT2D eigenvalue weighted by atomic mass is 79.9. The van der Waals surface area contributed by atoms with E-state index in [1.54, 1.807) is 0 Å². The zero-order valence-corrected chi connectivity index (χ0v) is 9.88. The van der Waals surface area contributed by atoms with Crippen LogP contribution >= 0.6 is 15.9 Å². The topological polar surface area (TPSA) is 18.5 Å². The fourth-order valence-corrected chi connectivity index (χ4v) is 1.83. The average molecular weight is 251 g/mol. The molecule has 78 valence electrons. The molecule has 3 heteroatoms. The summed E-state index contributed by atoms with van der Waals surface area (Å²) in [6.45, 7) is 3.75. The van der Waals surface area contributed by atoms with E-state index >= 15 is 0 Å². The van der Waals surface area contributed by atoms with Crippen LogP contribution in [0.5, 0.6) is 0 Å². The molecule has 0 bridgehead atoms. The minimum atomic E-state index is 0.266. The van der Waals surface area contributed by atoms with E-state index < -0.39 is 0 Å². The standard InChI is InChI=1S/C10H19BrO2/c1-2-3-4-5-9-7-13-10(6-11)8-12-9/h9-10H,2-8H2,1H3/t9-,10+/m1/s1. The van der Waals surface area contributed by atoms with Crippen molar-refractivity contribution in [3.05, 3.63) is 0 Å². The summed E-state index contributed by atoms with van der Waals surface area (Å²) in [6, 6.07) is 0. The van der Waals surface area contributed by atoms with Crippen LogP contribution in [0.15, 0.2) is 0 Å². The lowest BCUT2D eigenvalue weighted by molar-refractivity contribution is -0.126. The zero-order chi connectivity index (χ0) is 9.52. The Morgan fingerprint density at radius 1 is 1.15 bits per heavy atom. The maximum atomic E-state index is 5.67. The van der Waals surface area contributed by atoms with E-state index in [4.69, 9.17) is 9.47 Å². The first-order chi connectivity index (χ1) is 6.36. The molecule has 13 heavy (non-hydrogen) atoms. The van der Waals surface area contributed by atoms with Crippen molar-refractivity contribution >= 4 is 15.9 Å². The fraction of sp³-hybridized carbons (Fsp3) is 1.00. The van der Waals surface area contributed by atoms with Crippen molar-refractivity contribution in [1.82, 2.24) is 0 Å². The number of hydrogen-bond donors (Lipinski definition) is 0. The molecule has 1 fully saturated rings. The Hall–Kier alpha value is 0.400. The van der Waals surface area contributed by atoms with E-state index in [1.807, 2.05) is 0 Å². The molecule has 0 aromatic rings. The van der Waals surface area contributed by atoms with Crippen molar-refractivity contribution in [2.75, 3.05) is 18.5 Å². The number of ether oxygens (including phenoxy) is 2. The van der Waals surface area contributed by atoms with Crippen molar-refractivity contribution in [2.45, 2.75) is 44.8 Å². The maximum Gasteiger partial charge on any atom is 0.0906 e. The van der Waals surface area contributed by atoms with Crippen molar-refractivity contribution in [1.29, 1.82) is 0 Å². The summed E-state index contributed by atoms with van der Waals surface area (Å²) in [7, 11) is 0. The molecule has 0 spiro atoms. The zero-order valence-electron chi connectivity index (χ0n) is 8.30. The Kier molecular flexibility index (Phi) is 6.00. The van der Waals surface area contributed by atoms with Gasteiger partial charge >= 0.3 is 0 Å². The lowest BCUT2D eigenvalue weighted by Gasteiger charge is -2.28. The van der Waals surface area contributed by atoms with Gasteiger partial charge in [0.15, 0.2) is 0 Å². The van der Waals surface area contributed by atoms with E-state index in [2.05, 4.69) is 22.9 Å².